The van der Waals surface area contributed by atoms with Crippen LogP contribution in [0, 0.1) is 11.3 Å². The number of halogens is 1. The number of fused-ring (bicyclic) bond motifs is 1. The Morgan fingerprint density at radius 3 is 2.77 bits per heavy atom. The molecule has 3 rings (SSSR count). The number of aromatic amines is 1. The minimum absolute atomic E-state index is 0.102. The highest BCUT2D eigenvalue weighted by Crippen LogP contribution is 2.26. The second-order valence-corrected chi connectivity index (χ2v) is 6.58. The highest BCUT2D eigenvalue weighted by Gasteiger charge is 2.19. The van der Waals surface area contributed by atoms with Gasteiger partial charge in [0.2, 0.25) is 0 Å². The largest absolute Gasteiger partial charge is 0.360 e. The van der Waals surface area contributed by atoms with Crippen LogP contribution in [0.3, 0.4) is 0 Å². The van der Waals surface area contributed by atoms with Crippen LogP contribution in [0.15, 0.2) is 47.6 Å². The summed E-state index contributed by atoms with van der Waals surface area (Å²) >= 11 is 5.88. The molecule has 1 aromatic carbocycles. The van der Waals surface area contributed by atoms with E-state index in [2.05, 4.69) is 14.7 Å². The van der Waals surface area contributed by atoms with Gasteiger partial charge in [0.1, 0.15) is 16.8 Å². The maximum Gasteiger partial charge on any atom is 0.265 e. The fourth-order valence-corrected chi connectivity index (χ4v) is 3.37. The first-order chi connectivity index (χ1) is 10.5. The molecule has 0 spiro atoms. The van der Waals surface area contributed by atoms with Gasteiger partial charge >= 0.3 is 0 Å². The Bertz CT molecular complexity index is 988. The summed E-state index contributed by atoms with van der Waals surface area (Å²) in [5.74, 6) is 0.141. The molecule has 0 fully saturated rings. The van der Waals surface area contributed by atoms with Crippen LogP contribution in [0.5, 0.6) is 0 Å². The van der Waals surface area contributed by atoms with Crippen LogP contribution in [-0.4, -0.2) is 18.4 Å². The molecule has 0 atom stereocenters. The highest BCUT2D eigenvalue weighted by atomic mass is 35.5. The third-order valence-corrected chi connectivity index (χ3v) is 4.66. The number of nitrogens with one attached hydrogen (secondary N) is 2. The summed E-state index contributed by atoms with van der Waals surface area (Å²) in [6.45, 7) is 0. The van der Waals surface area contributed by atoms with Crippen molar-refractivity contribution in [2.45, 2.75) is 4.90 Å². The second kappa shape index (κ2) is 5.33. The van der Waals surface area contributed by atoms with Crippen LogP contribution in [0.2, 0.25) is 5.02 Å². The monoisotopic (exact) mass is 332 g/mol. The number of anilines is 1. The summed E-state index contributed by atoms with van der Waals surface area (Å²) < 4.78 is 27.3. The van der Waals surface area contributed by atoms with Gasteiger partial charge in [-0.3, -0.25) is 4.72 Å². The molecule has 110 valence electrons. The summed E-state index contributed by atoms with van der Waals surface area (Å²) in [6.07, 6.45) is 2.69. The molecule has 6 nitrogen and oxygen atoms in total. The van der Waals surface area contributed by atoms with E-state index in [1.165, 1.54) is 24.5 Å². The summed E-state index contributed by atoms with van der Waals surface area (Å²) in [5.41, 5.74) is 0.977. The quantitative estimate of drug-likeness (QED) is 0.770. The standard InChI is InChI=1S/C14H9ClN4O2S/c15-10-2-3-11-12(5-10)17-8-13(11)22(20,21)19-14-4-1-9(6-16)7-18-14/h1-5,7-8,17H,(H,18,19). The lowest BCUT2D eigenvalue weighted by Gasteiger charge is -2.06. The van der Waals surface area contributed by atoms with Crippen LogP contribution in [0.4, 0.5) is 5.82 Å². The molecule has 0 bridgehead atoms. The lowest BCUT2D eigenvalue weighted by molar-refractivity contribution is 0.602. The van der Waals surface area contributed by atoms with Gasteiger partial charge in [0.05, 0.1) is 5.56 Å². The van der Waals surface area contributed by atoms with Crippen molar-refractivity contribution in [2.75, 3.05) is 4.72 Å². The fraction of sp³-hybridized carbons (Fsp3) is 0. The minimum Gasteiger partial charge on any atom is -0.360 e. The number of hydrogen-bond donors (Lipinski definition) is 2. The van der Waals surface area contributed by atoms with E-state index in [1.807, 2.05) is 6.07 Å². The zero-order chi connectivity index (χ0) is 15.7. The second-order valence-electron chi connectivity index (χ2n) is 4.49. The van der Waals surface area contributed by atoms with Gasteiger partial charge in [-0.1, -0.05) is 11.6 Å². The van der Waals surface area contributed by atoms with Crippen LogP contribution < -0.4 is 4.72 Å². The van der Waals surface area contributed by atoms with E-state index in [1.54, 1.807) is 18.2 Å². The molecule has 8 heteroatoms. The van der Waals surface area contributed by atoms with E-state index in [0.29, 0.717) is 21.5 Å². The number of nitriles is 1. The molecule has 2 N–H and O–H groups in total. The molecule has 2 aromatic heterocycles. The summed E-state index contributed by atoms with van der Waals surface area (Å²) in [4.78, 5) is 6.87. The average molecular weight is 333 g/mol. The Hall–Kier alpha value is -2.56. The zero-order valence-corrected chi connectivity index (χ0v) is 12.6. The molecule has 3 aromatic rings. The van der Waals surface area contributed by atoms with E-state index in [9.17, 15) is 8.42 Å². The molecule has 0 radical (unpaired) electrons. The Morgan fingerprint density at radius 1 is 1.27 bits per heavy atom. The van der Waals surface area contributed by atoms with Gasteiger partial charge in [-0.05, 0) is 30.3 Å². The molecule has 0 aliphatic heterocycles. The lowest BCUT2D eigenvalue weighted by Crippen LogP contribution is -2.13. The van der Waals surface area contributed by atoms with Gasteiger partial charge in [-0.25, -0.2) is 13.4 Å². The third-order valence-electron chi connectivity index (χ3n) is 3.03. The number of hydrogen-bond acceptors (Lipinski definition) is 4. The molecule has 0 unspecified atom stereocenters. The Labute approximate surface area is 131 Å². The van der Waals surface area contributed by atoms with Crippen LogP contribution in [0.25, 0.3) is 10.9 Å². The molecular weight excluding hydrogens is 324 g/mol. The zero-order valence-electron chi connectivity index (χ0n) is 11.0. The highest BCUT2D eigenvalue weighted by molar-refractivity contribution is 7.93. The average Bonchev–Trinajstić information content (AvgIpc) is 2.91. The van der Waals surface area contributed by atoms with Crippen molar-refractivity contribution < 1.29 is 8.42 Å². The normalized spacial score (nSPS) is 11.3. The molecular formula is C14H9ClN4O2S. The summed E-state index contributed by atoms with van der Waals surface area (Å²) in [7, 11) is -3.80. The predicted octanol–water partition coefficient (Wildman–Crippen LogP) is 2.89. The first-order valence-corrected chi connectivity index (χ1v) is 8.01. The fourth-order valence-electron chi connectivity index (χ4n) is 2.01. The first-order valence-electron chi connectivity index (χ1n) is 6.15. The number of pyridine rings is 1. The smallest absolute Gasteiger partial charge is 0.265 e. The maximum absolute atomic E-state index is 12.4. The molecule has 0 saturated heterocycles. The number of sulfonamides is 1. The van der Waals surface area contributed by atoms with Gasteiger partial charge in [-0.15, -0.1) is 0 Å². The van der Waals surface area contributed by atoms with E-state index >= 15 is 0 Å². The molecule has 2 heterocycles. The molecule has 0 saturated carbocycles. The van der Waals surface area contributed by atoms with Crippen molar-refractivity contribution in [1.29, 1.82) is 5.26 Å². The Morgan fingerprint density at radius 2 is 2.09 bits per heavy atom. The number of rotatable bonds is 3. The molecule has 22 heavy (non-hydrogen) atoms. The van der Waals surface area contributed by atoms with Crippen molar-refractivity contribution in [3.8, 4) is 6.07 Å². The number of aromatic nitrogens is 2. The number of benzene rings is 1. The molecule has 0 amide bonds. The van der Waals surface area contributed by atoms with Gasteiger partial charge in [-0.2, -0.15) is 5.26 Å². The predicted molar refractivity (Wildman–Crippen MR) is 83.1 cm³/mol. The topological polar surface area (TPSA) is 98.6 Å². The summed E-state index contributed by atoms with van der Waals surface area (Å²) in [5, 5.41) is 9.76. The van der Waals surface area contributed by atoms with Crippen molar-refractivity contribution in [3.63, 3.8) is 0 Å². The van der Waals surface area contributed by atoms with Gasteiger partial charge in [0.25, 0.3) is 10.0 Å². The summed E-state index contributed by atoms with van der Waals surface area (Å²) in [6, 6.07) is 9.74. The van der Waals surface area contributed by atoms with Crippen molar-refractivity contribution in [2.24, 2.45) is 0 Å². The molecule has 0 aliphatic rings. The Kier molecular flexibility index (Phi) is 3.48. The van der Waals surface area contributed by atoms with Crippen molar-refractivity contribution >= 4 is 38.3 Å². The SMILES string of the molecule is N#Cc1ccc(NS(=O)(=O)c2c[nH]c3cc(Cl)ccc23)nc1. The first kappa shape index (κ1) is 14.4. The third kappa shape index (κ3) is 2.62. The minimum atomic E-state index is -3.80. The number of nitrogens with zero attached hydrogens (tertiary/aromatic N) is 2. The van der Waals surface area contributed by atoms with Gasteiger partial charge < -0.3 is 4.98 Å². The van der Waals surface area contributed by atoms with Crippen LogP contribution in [-0.2, 0) is 10.0 Å². The van der Waals surface area contributed by atoms with Gasteiger partial charge in [0, 0.05) is 28.3 Å². The van der Waals surface area contributed by atoms with Gasteiger partial charge in [0.15, 0.2) is 0 Å². The van der Waals surface area contributed by atoms with E-state index in [4.69, 9.17) is 16.9 Å². The maximum atomic E-state index is 12.4. The number of H-pyrrole nitrogens is 1. The van der Waals surface area contributed by atoms with E-state index < -0.39 is 10.0 Å². The van der Waals surface area contributed by atoms with E-state index in [-0.39, 0.29) is 10.7 Å². The van der Waals surface area contributed by atoms with Crippen molar-refractivity contribution in [3.05, 3.63) is 53.3 Å². The Balaban J connectivity index is 1.99. The lowest BCUT2D eigenvalue weighted by atomic mass is 10.2. The molecule has 0 aliphatic carbocycles. The van der Waals surface area contributed by atoms with Crippen LogP contribution >= 0.6 is 11.6 Å². The van der Waals surface area contributed by atoms with Crippen molar-refractivity contribution in [1.82, 2.24) is 9.97 Å². The van der Waals surface area contributed by atoms with E-state index in [0.717, 1.165) is 0 Å². The van der Waals surface area contributed by atoms with Crippen LogP contribution in [0.1, 0.15) is 5.56 Å².